The minimum absolute atomic E-state index is 0.0320. The Morgan fingerprint density at radius 3 is 2.67 bits per heavy atom. The Hall–Kier alpha value is -0.240. The van der Waals surface area contributed by atoms with Gasteiger partial charge in [-0.05, 0) is 30.6 Å². The SMILES string of the molecule is CC1CC[C@H](C(C)C)C(OC(=O)CCl)C1. The third kappa shape index (κ3) is 3.67. The van der Waals surface area contributed by atoms with Gasteiger partial charge in [-0.2, -0.15) is 0 Å². The van der Waals surface area contributed by atoms with Crippen LogP contribution in [0.1, 0.15) is 40.0 Å². The molecule has 0 aromatic rings. The van der Waals surface area contributed by atoms with Crippen LogP contribution in [-0.4, -0.2) is 18.0 Å². The van der Waals surface area contributed by atoms with Crippen LogP contribution in [0.5, 0.6) is 0 Å². The van der Waals surface area contributed by atoms with E-state index in [1.807, 2.05) is 0 Å². The van der Waals surface area contributed by atoms with E-state index >= 15 is 0 Å². The number of rotatable bonds is 3. The first-order valence-corrected chi connectivity index (χ1v) is 6.33. The van der Waals surface area contributed by atoms with Gasteiger partial charge in [0, 0.05) is 0 Å². The molecule has 0 aromatic carbocycles. The molecule has 88 valence electrons. The summed E-state index contributed by atoms with van der Waals surface area (Å²) in [7, 11) is 0. The highest BCUT2D eigenvalue weighted by atomic mass is 35.5. The summed E-state index contributed by atoms with van der Waals surface area (Å²) in [4.78, 5) is 11.2. The van der Waals surface area contributed by atoms with E-state index in [0.717, 1.165) is 6.42 Å². The highest BCUT2D eigenvalue weighted by Crippen LogP contribution is 2.35. The van der Waals surface area contributed by atoms with Gasteiger partial charge in [-0.1, -0.05) is 27.2 Å². The van der Waals surface area contributed by atoms with Gasteiger partial charge >= 0.3 is 5.97 Å². The molecule has 1 fully saturated rings. The highest BCUT2D eigenvalue weighted by molar-refractivity contribution is 6.26. The molecule has 1 rings (SSSR count). The number of halogens is 1. The number of hydrogen-bond donors (Lipinski definition) is 0. The molecular weight excluding hydrogens is 212 g/mol. The summed E-state index contributed by atoms with van der Waals surface area (Å²) >= 11 is 5.46. The Labute approximate surface area is 97.3 Å². The maximum absolute atomic E-state index is 11.2. The monoisotopic (exact) mass is 232 g/mol. The Balaban J connectivity index is 2.57. The van der Waals surface area contributed by atoms with Crippen molar-refractivity contribution in [1.82, 2.24) is 0 Å². The van der Waals surface area contributed by atoms with Gasteiger partial charge in [-0.3, -0.25) is 4.79 Å². The van der Waals surface area contributed by atoms with Crippen molar-refractivity contribution in [2.75, 3.05) is 5.88 Å². The second kappa shape index (κ2) is 5.74. The van der Waals surface area contributed by atoms with Crippen LogP contribution in [0, 0.1) is 17.8 Å². The predicted molar refractivity (Wildman–Crippen MR) is 61.9 cm³/mol. The van der Waals surface area contributed by atoms with E-state index in [1.54, 1.807) is 0 Å². The highest BCUT2D eigenvalue weighted by Gasteiger charge is 2.33. The van der Waals surface area contributed by atoms with Crippen molar-refractivity contribution in [3.63, 3.8) is 0 Å². The van der Waals surface area contributed by atoms with Crippen LogP contribution in [0.4, 0.5) is 0 Å². The van der Waals surface area contributed by atoms with Crippen LogP contribution in [0.2, 0.25) is 0 Å². The first kappa shape index (κ1) is 12.8. The van der Waals surface area contributed by atoms with E-state index in [1.165, 1.54) is 12.8 Å². The molecule has 1 aliphatic carbocycles. The Kier molecular flexibility index (Phi) is 4.91. The molecule has 0 heterocycles. The lowest BCUT2D eigenvalue weighted by Gasteiger charge is -2.36. The summed E-state index contributed by atoms with van der Waals surface area (Å²) in [5, 5.41) is 0. The zero-order valence-corrected chi connectivity index (χ0v) is 10.6. The molecule has 1 aliphatic rings. The minimum Gasteiger partial charge on any atom is -0.461 e. The van der Waals surface area contributed by atoms with Crippen molar-refractivity contribution in [1.29, 1.82) is 0 Å². The van der Waals surface area contributed by atoms with Crippen LogP contribution in [0.25, 0.3) is 0 Å². The number of ether oxygens (including phenoxy) is 1. The number of carbonyl (C=O) groups is 1. The number of carbonyl (C=O) groups excluding carboxylic acids is 1. The Morgan fingerprint density at radius 1 is 1.47 bits per heavy atom. The molecule has 0 N–H and O–H groups in total. The maximum Gasteiger partial charge on any atom is 0.321 e. The van der Waals surface area contributed by atoms with Gasteiger partial charge in [0.25, 0.3) is 0 Å². The van der Waals surface area contributed by atoms with Gasteiger partial charge < -0.3 is 4.74 Å². The van der Waals surface area contributed by atoms with Crippen molar-refractivity contribution in [2.45, 2.75) is 46.1 Å². The Morgan fingerprint density at radius 2 is 2.13 bits per heavy atom. The van der Waals surface area contributed by atoms with Crippen molar-refractivity contribution >= 4 is 17.6 Å². The number of esters is 1. The fraction of sp³-hybridized carbons (Fsp3) is 0.917. The van der Waals surface area contributed by atoms with Crippen LogP contribution in [0.3, 0.4) is 0 Å². The lowest BCUT2D eigenvalue weighted by Crippen LogP contribution is -2.36. The predicted octanol–water partition coefficient (Wildman–Crippen LogP) is 3.23. The summed E-state index contributed by atoms with van der Waals surface area (Å²) in [5.41, 5.74) is 0. The largest absolute Gasteiger partial charge is 0.461 e. The molecule has 0 radical (unpaired) electrons. The second-order valence-corrected chi connectivity index (χ2v) is 5.26. The zero-order valence-electron chi connectivity index (χ0n) is 9.83. The molecule has 2 nitrogen and oxygen atoms in total. The van der Waals surface area contributed by atoms with Crippen molar-refractivity contribution in [3.8, 4) is 0 Å². The van der Waals surface area contributed by atoms with Gasteiger partial charge in [-0.15, -0.1) is 11.6 Å². The van der Waals surface area contributed by atoms with E-state index in [0.29, 0.717) is 17.8 Å². The molecule has 15 heavy (non-hydrogen) atoms. The second-order valence-electron chi connectivity index (χ2n) is 4.99. The zero-order chi connectivity index (χ0) is 11.4. The molecule has 0 spiro atoms. The summed E-state index contributed by atoms with van der Waals surface area (Å²) < 4.78 is 5.41. The number of alkyl halides is 1. The molecular formula is C12H21ClO2. The van der Waals surface area contributed by atoms with Crippen LogP contribution >= 0.6 is 11.6 Å². The first-order valence-electron chi connectivity index (χ1n) is 5.80. The fourth-order valence-electron chi connectivity index (χ4n) is 2.45. The van der Waals surface area contributed by atoms with Crippen LogP contribution in [-0.2, 0) is 9.53 Å². The summed E-state index contributed by atoms with van der Waals surface area (Å²) in [6.45, 7) is 6.61. The average Bonchev–Trinajstić information content (AvgIpc) is 2.17. The molecule has 1 saturated carbocycles. The van der Waals surface area contributed by atoms with Gasteiger partial charge in [0.05, 0.1) is 0 Å². The summed E-state index contributed by atoms with van der Waals surface area (Å²) in [6, 6.07) is 0. The van der Waals surface area contributed by atoms with Crippen molar-refractivity contribution in [3.05, 3.63) is 0 Å². The van der Waals surface area contributed by atoms with E-state index in [-0.39, 0.29) is 18.0 Å². The maximum atomic E-state index is 11.2. The van der Waals surface area contributed by atoms with Crippen molar-refractivity contribution < 1.29 is 9.53 Å². The van der Waals surface area contributed by atoms with Gasteiger partial charge in [0.1, 0.15) is 12.0 Å². The molecule has 0 bridgehead atoms. The summed E-state index contributed by atoms with van der Waals surface area (Å²) in [6.07, 6.45) is 3.49. The topological polar surface area (TPSA) is 26.3 Å². The molecule has 0 aromatic heterocycles. The lowest BCUT2D eigenvalue weighted by molar-refractivity contribution is -0.152. The third-order valence-corrected chi connectivity index (χ3v) is 3.57. The molecule has 0 amide bonds. The van der Waals surface area contributed by atoms with E-state index in [9.17, 15) is 4.79 Å². The Bertz CT molecular complexity index is 216. The van der Waals surface area contributed by atoms with E-state index < -0.39 is 0 Å². The van der Waals surface area contributed by atoms with Crippen molar-refractivity contribution in [2.24, 2.45) is 17.8 Å². The summed E-state index contributed by atoms with van der Waals surface area (Å²) in [5.74, 6) is 1.43. The van der Waals surface area contributed by atoms with Gasteiger partial charge in [-0.25, -0.2) is 0 Å². The quantitative estimate of drug-likeness (QED) is 0.552. The minimum atomic E-state index is -0.276. The molecule has 2 unspecified atom stereocenters. The third-order valence-electron chi connectivity index (χ3n) is 3.35. The molecule has 0 aliphatic heterocycles. The molecule has 3 atom stereocenters. The first-order chi connectivity index (χ1) is 7.04. The number of hydrogen-bond acceptors (Lipinski definition) is 2. The van der Waals surface area contributed by atoms with Crippen LogP contribution in [0.15, 0.2) is 0 Å². The fourth-order valence-corrected chi connectivity index (χ4v) is 2.51. The molecule has 0 saturated heterocycles. The normalized spacial score (nSPS) is 31.7. The molecule has 3 heteroatoms. The van der Waals surface area contributed by atoms with Gasteiger partial charge in [0.15, 0.2) is 0 Å². The standard InChI is InChI=1S/C12H21ClO2/c1-8(2)10-5-4-9(3)6-11(10)15-12(14)7-13/h8-11H,4-7H2,1-3H3/t9?,10-,11?/m1/s1. The van der Waals surface area contributed by atoms with Crippen LogP contribution < -0.4 is 0 Å². The van der Waals surface area contributed by atoms with E-state index in [4.69, 9.17) is 16.3 Å². The average molecular weight is 233 g/mol. The lowest BCUT2D eigenvalue weighted by atomic mass is 9.75. The van der Waals surface area contributed by atoms with Gasteiger partial charge in [0.2, 0.25) is 0 Å². The smallest absolute Gasteiger partial charge is 0.321 e. The van der Waals surface area contributed by atoms with E-state index in [2.05, 4.69) is 20.8 Å².